The molecule has 0 amide bonds. The number of benzene rings is 3. The van der Waals surface area contributed by atoms with Crippen LogP contribution in [0.1, 0.15) is 18.1 Å². The van der Waals surface area contributed by atoms with Gasteiger partial charge in [0, 0.05) is 0 Å². The van der Waals surface area contributed by atoms with E-state index in [2.05, 4.69) is 86.3 Å². The summed E-state index contributed by atoms with van der Waals surface area (Å²) in [5.41, 5.74) is 7.72. The molecule has 0 spiro atoms. The van der Waals surface area contributed by atoms with E-state index >= 15 is 0 Å². The predicted molar refractivity (Wildman–Crippen MR) is 96.8 cm³/mol. The molecule has 3 rings (SSSR count). The molecule has 0 bridgehead atoms. The normalized spacial score (nSPS) is 10.4. The smallest absolute Gasteiger partial charge is 0.00674 e. The van der Waals surface area contributed by atoms with Gasteiger partial charge in [-0.25, -0.2) is 0 Å². The molecule has 0 saturated carbocycles. The lowest BCUT2D eigenvalue weighted by Crippen LogP contribution is -1.95. The summed E-state index contributed by atoms with van der Waals surface area (Å²) < 4.78 is 0. The Morgan fingerprint density at radius 3 is 1.91 bits per heavy atom. The van der Waals surface area contributed by atoms with Crippen molar-refractivity contribution in [2.75, 3.05) is 0 Å². The SMILES string of the molecule is C=Cc1ccc(-c2ccccc2)c(-c2ccccc2)c1CC. The minimum Gasteiger partial charge on any atom is -0.0985 e. The summed E-state index contributed by atoms with van der Waals surface area (Å²) in [6.07, 6.45) is 2.95. The topological polar surface area (TPSA) is 0 Å². The van der Waals surface area contributed by atoms with Gasteiger partial charge in [-0.2, -0.15) is 0 Å². The quantitative estimate of drug-likeness (QED) is 0.533. The predicted octanol–water partition coefficient (Wildman–Crippen LogP) is 6.23. The maximum absolute atomic E-state index is 3.98. The van der Waals surface area contributed by atoms with E-state index in [4.69, 9.17) is 0 Å². The standard InChI is InChI=1S/C22H20/c1-3-17-15-16-21(18-11-7-5-8-12-18)22(20(17)4-2)19-13-9-6-10-14-19/h3,5-16H,1,4H2,2H3. The van der Waals surface area contributed by atoms with E-state index in [1.807, 2.05) is 6.08 Å². The van der Waals surface area contributed by atoms with Crippen LogP contribution in [0.3, 0.4) is 0 Å². The van der Waals surface area contributed by atoms with Gasteiger partial charge in [-0.3, -0.25) is 0 Å². The minimum atomic E-state index is 0.992. The molecular weight excluding hydrogens is 264 g/mol. The van der Waals surface area contributed by atoms with Gasteiger partial charge in [0.2, 0.25) is 0 Å². The second-order valence-corrected chi connectivity index (χ2v) is 5.35. The fourth-order valence-corrected chi connectivity index (χ4v) is 3.03. The maximum atomic E-state index is 3.98. The fourth-order valence-electron chi connectivity index (χ4n) is 3.03. The van der Waals surface area contributed by atoms with E-state index in [-0.39, 0.29) is 0 Å². The van der Waals surface area contributed by atoms with Gasteiger partial charge in [0.05, 0.1) is 0 Å². The second kappa shape index (κ2) is 6.44. The number of hydrogen-bond donors (Lipinski definition) is 0. The van der Waals surface area contributed by atoms with E-state index in [0.717, 1.165) is 6.42 Å². The van der Waals surface area contributed by atoms with Crippen LogP contribution in [0.4, 0.5) is 0 Å². The molecule has 0 unspecified atom stereocenters. The summed E-state index contributed by atoms with van der Waals surface area (Å²) >= 11 is 0. The Bertz CT molecular complexity index is 768. The first kappa shape index (κ1) is 14.3. The molecule has 0 nitrogen and oxygen atoms in total. The van der Waals surface area contributed by atoms with Gasteiger partial charge in [0.1, 0.15) is 0 Å². The van der Waals surface area contributed by atoms with Crippen molar-refractivity contribution < 1.29 is 0 Å². The molecule has 0 saturated heterocycles. The molecule has 0 heteroatoms. The highest BCUT2D eigenvalue weighted by Crippen LogP contribution is 2.37. The van der Waals surface area contributed by atoms with E-state index in [1.165, 1.54) is 33.4 Å². The van der Waals surface area contributed by atoms with Crippen molar-refractivity contribution in [3.05, 3.63) is 90.5 Å². The summed E-state index contributed by atoms with van der Waals surface area (Å²) in [4.78, 5) is 0. The second-order valence-electron chi connectivity index (χ2n) is 5.35. The van der Waals surface area contributed by atoms with E-state index < -0.39 is 0 Å². The third kappa shape index (κ3) is 2.60. The molecule has 0 radical (unpaired) electrons. The molecule has 0 heterocycles. The van der Waals surface area contributed by atoms with Crippen LogP contribution < -0.4 is 0 Å². The highest BCUT2D eigenvalue weighted by molar-refractivity contribution is 5.88. The Morgan fingerprint density at radius 2 is 1.36 bits per heavy atom. The average molecular weight is 284 g/mol. The minimum absolute atomic E-state index is 0.992. The van der Waals surface area contributed by atoms with Gasteiger partial charge in [0.15, 0.2) is 0 Å². The molecule has 0 aliphatic rings. The van der Waals surface area contributed by atoms with Gasteiger partial charge < -0.3 is 0 Å². The Morgan fingerprint density at radius 1 is 0.773 bits per heavy atom. The first-order chi connectivity index (χ1) is 10.8. The van der Waals surface area contributed by atoms with Crippen molar-refractivity contribution in [3.63, 3.8) is 0 Å². The molecule has 0 fully saturated rings. The third-order valence-corrected chi connectivity index (χ3v) is 4.07. The third-order valence-electron chi connectivity index (χ3n) is 4.07. The molecule has 3 aromatic rings. The zero-order valence-corrected chi connectivity index (χ0v) is 12.9. The van der Waals surface area contributed by atoms with E-state index in [9.17, 15) is 0 Å². The molecular formula is C22H20. The van der Waals surface area contributed by atoms with Crippen LogP contribution in [-0.4, -0.2) is 0 Å². The lowest BCUT2D eigenvalue weighted by atomic mass is 9.87. The van der Waals surface area contributed by atoms with Crippen molar-refractivity contribution >= 4 is 6.08 Å². The molecule has 0 aromatic heterocycles. The molecule has 22 heavy (non-hydrogen) atoms. The highest BCUT2D eigenvalue weighted by atomic mass is 14.2. The molecule has 0 aliphatic carbocycles. The summed E-state index contributed by atoms with van der Waals surface area (Å²) in [5, 5.41) is 0. The van der Waals surface area contributed by atoms with Crippen LogP contribution in [0.15, 0.2) is 79.4 Å². The lowest BCUT2D eigenvalue weighted by Gasteiger charge is -2.17. The fraction of sp³-hybridized carbons (Fsp3) is 0.0909. The van der Waals surface area contributed by atoms with Crippen molar-refractivity contribution in [3.8, 4) is 22.3 Å². The van der Waals surface area contributed by atoms with Crippen LogP contribution in [-0.2, 0) is 6.42 Å². The average Bonchev–Trinajstić information content (AvgIpc) is 2.61. The van der Waals surface area contributed by atoms with Crippen molar-refractivity contribution in [1.29, 1.82) is 0 Å². The zero-order valence-electron chi connectivity index (χ0n) is 12.9. The van der Waals surface area contributed by atoms with Gasteiger partial charge in [-0.1, -0.05) is 92.4 Å². The summed E-state index contributed by atoms with van der Waals surface area (Å²) in [6.45, 7) is 6.19. The zero-order chi connectivity index (χ0) is 15.4. The van der Waals surface area contributed by atoms with E-state index in [1.54, 1.807) is 0 Å². The Hall–Kier alpha value is -2.60. The van der Waals surface area contributed by atoms with Gasteiger partial charge in [-0.05, 0) is 39.8 Å². The van der Waals surface area contributed by atoms with Crippen LogP contribution in [0.25, 0.3) is 28.3 Å². The van der Waals surface area contributed by atoms with Crippen LogP contribution in [0.5, 0.6) is 0 Å². The van der Waals surface area contributed by atoms with E-state index in [0.29, 0.717) is 0 Å². The van der Waals surface area contributed by atoms with Gasteiger partial charge >= 0.3 is 0 Å². The van der Waals surface area contributed by atoms with Crippen LogP contribution >= 0.6 is 0 Å². The molecule has 0 atom stereocenters. The van der Waals surface area contributed by atoms with Crippen molar-refractivity contribution in [1.82, 2.24) is 0 Å². The number of hydrogen-bond acceptors (Lipinski definition) is 0. The maximum Gasteiger partial charge on any atom is -0.00674 e. The Labute approximate surface area is 132 Å². The Kier molecular flexibility index (Phi) is 4.20. The van der Waals surface area contributed by atoms with Crippen molar-refractivity contribution in [2.45, 2.75) is 13.3 Å². The van der Waals surface area contributed by atoms with Gasteiger partial charge in [0.25, 0.3) is 0 Å². The molecule has 108 valence electrons. The van der Waals surface area contributed by atoms with Crippen molar-refractivity contribution in [2.24, 2.45) is 0 Å². The van der Waals surface area contributed by atoms with Gasteiger partial charge in [-0.15, -0.1) is 0 Å². The lowest BCUT2D eigenvalue weighted by molar-refractivity contribution is 1.14. The molecule has 0 aliphatic heterocycles. The molecule has 3 aromatic carbocycles. The largest absolute Gasteiger partial charge is 0.0985 e. The Balaban J connectivity index is 2.34. The number of rotatable bonds is 4. The first-order valence-corrected chi connectivity index (χ1v) is 7.74. The highest BCUT2D eigenvalue weighted by Gasteiger charge is 2.13. The van der Waals surface area contributed by atoms with Crippen LogP contribution in [0.2, 0.25) is 0 Å². The van der Waals surface area contributed by atoms with Crippen LogP contribution in [0, 0.1) is 0 Å². The molecule has 0 N–H and O–H groups in total. The summed E-state index contributed by atoms with van der Waals surface area (Å²) in [6, 6.07) is 25.6. The monoisotopic (exact) mass is 284 g/mol. The summed E-state index contributed by atoms with van der Waals surface area (Å²) in [5.74, 6) is 0. The summed E-state index contributed by atoms with van der Waals surface area (Å²) in [7, 11) is 0. The first-order valence-electron chi connectivity index (χ1n) is 7.74.